The minimum atomic E-state index is -4.56. The Hall–Kier alpha value is -3.82. The topological polar surface area (TPSA) is 117 Å². The van der Waals surface area contributed by atoms with Gasteiger partial charge in [-0.15, -0.1) is 0 Å². The van der Waals surface area contributed by atoms with Gasteiger partial charge in [-0.25, -0.2) is 23.9 Å². The maximum absolute atomic E-state index is 13.0. The number of rotatable bonds is 7. The number of alkyl halides is 3. The van der Waals surface area contributed by atoms with E-state index in [4.69, 9.17) is 4.84 Å². The van der Waals surface area contributed by atoms with E-state index in [2.05, 4.69) is 26.5 Å². The minimum absolute atomic E-state index is 0.0767. The number of benzene rings is 1. The molecule has 1 aliphatic carbocycles. The summed E-state index contributed by atoms with van der Waals surface area (Å²) in [6.45, 7) is 1.48. The molecule has 1 N–H and O–H groups in total. The van der Waals surface area contributed by atoms with Gasteiger partial charge in [0.05, 0.1) is 34.8 Å². The number of nitrogens with one attached hydrogen (secondary N) is 1. The summed E-state index contributed by atoms with van der Waals surface area (Å²) in [6, 6.07) is 13.0. The fourth-order valence-corrected chi connectivity index (χ4v) is 4.76. The summed E-state index contributed by atoms with van der Waals surface area (Å²) in [5.41, 5.74) is 3.12. The summed E-state index contributed by atoms with van der Waals surface area (Å²) in [7, 11) is -2.55. The van der Waals surface area contributed by atoms with Crippen LogP contribution in [-0.4, -0.2) is 37.1 Å². The minimum Gasteiger partial charge on any atom is -0.278 e. The Bertz CT molecular complexity index is 1480. The van der Waals surface area contributed by atoms with Gasteiger partial charge in [0.15, 0.2) is 21.5 Å². The number of nitriles is 1. The Morgan fingerprint density at radius 1 is 1.14 bits per heavy atom. The normalized spacial score (nSPS) is 15.2. The van der Waals surface area contributed by atoms with E-state index in [0.717, 1.165) is 30.5 Å². The molecule has 1 aliphatic rings. The van der Waals surface area contributed by atoms with Crippen LogP contribution in [0.5, 0.6) is 0 Å². The number of nitrogens with zero attached hydrogens (tertiary/aromatic N) is 4. The third-order valence-electron chi connectivity index (χ3n) is 6.03. The predicted octanol–water partition coefficient (Wildman–Crippen LogP) is 4.74. The van der Waals surface area contributed by atoms with Crippen LogP contribution < -0.4 is 5.48 Å². The van der Waals surface area contributed by atoms with Crippen molar-refractivity contribution in [3.8, 4) is 17.2 Å². The lowest BCUT2D eigenvalue weighted by molar-refractivity contribution is -0.137. The standard InChI is InChI=1S/C25H22F3N5O3S/c1-3-37(34,35)20-12-17(16-4-6-18(7-5-16)24(15-29)10-11-24)13-31-22(20)23(33-36-2)32-21-9-8-19(14-30-21)25(26,27)28/h4-9,12-14H,3,10-11H2,1-2H3,(H,30,32,33). The van der Waals surface area contributed by atoms with Gasteiger partial charge in [-0.3, -0.25) is 9.82 Å². The second-order valence-corrected chi connectivity index (χ2v) is 10.7. The van der Waals surface area contributed by atoms with E-state index >= 15 is 0 Å². The maximum Gasteiger partial charge on any atom is 0.417 e. The molecule has 1 saturated carbocycles. The molecule has 3 aromatic rings. The number of sulfone groups is 1. The summed E-state index contributed by atoms with van der Waals surface area (Å²) < 4.78 is 64.6. The molecule has 0 amide bonds. The third-order valence-corrected chi connectivity index (χ3v) is 7.77. The zero-order valence-electron chi connectivity index (χ0n) is 19.9. The highest BCUT2D eigenvalue weighted by Crippen LogP contribution is 2.47. The van der Waals surface area contributed by atoms with Crippen molar-refractivity contribution in [2.45, 2.75) is 36.3 Å². The molecule has 0 aliphatic heterocycles. The van der Waals surface area contributed by atoms with Crippen LogP contribution >= 0.6 is 0 Å². The Labute approximate surface area is 211 Å². The average Bonchev–Trinajstić information content (AvgIpc) is 3.69. The van der Waals surface area contributed by atoms with Crippen molar-refractivity contribution in [2.75, 3.05) is 12.9 Å². The van der Waals surface area contributed by atoms with Gasteiger partial charge in [0, 0.05) is 18.0 Å². The lowest BCUT2D eigenvalue weighted by Crippen LogP contribution is -2.27. The Kier molecular flexibility index (Phi) is 7.03. The van der Waals surface area contributed by atoms with Crippen LogP contribution in [0.4, 0.5) is 19.0 Å². The van der Waals surface area contributed by atoms with Crippen LogP contribution in [0.15, 0.2) is 64.7 Å². The number of hydrogen-bond acceptors (Lipinski definition) is 7. The molecular weight excluding hydrogens is 507 g/mol. The number of aromatic nitrogens is 2. The van der Waals surface area contributed by atoms with Crippen molar-refractivity contribution in [3.63, 3.8) is 0 Å². The van der Waals surface area contributed by atoms with Gasteiger partial charge in [-0.05, 0) is 42.2 Å². The van der Waals surface area contributed by atoms with E-state index in [1.807, 2.05) is 12.1 Å². The fourth-order valence-electron chi connectivity index (χ4n) is 3.70. The van der Waals surface area contributed by atoms with Crippen molar-refractivity contribution in [1.29, 1.82) is 5.26 Å². The lowest BCUT2D eigenvalue weighted by Gasteiger charge is -2.14. The average molecular weight is 530 g/mol. The number of amidine groups is 1. The smallest absolute Gasteiger partial charge is 0.278 e. The Morgan fingerprint density at radius 2 is 1.84 bits per heavy atom. The molecule has 37 heavy (non-hydrogen) atoms. The zero-order chi connectivity index (χ0) is 26.8. The van der Waals surface area contributed by atoms with Crippen molar-refractivity contribution in [3.05, 3.63) is 71.7 Å². The summed E-state index contributed by atoms with van der Waals surface area (Å²) >= 11 is 0. The van der Waals surface area contributed by atoms with Crippen molar-refractivity contribution < 1.29 is 26.4 Å². The first-order valence-corrected chi connectivity index (χ1v) is 12.8. The summed E-state index contributed by atoms with van der Waals surface area (Å²) in [5, 5.41) is 9.42. The molecule has 192 valence electrons. The van der Waals surface area contributed by atoms with Gasteiger partial charge in [0.1, 0.15) is 5.69 Å². The number of hydroxylamine groups is 1. The van der Waals surface area contributed by atoms with E-state index in [1.54, 1.807) is 12.1 Å². The van der Waals surface area contributed by atoms with Crippen LogP contribution in [0.1, 0.15) is 36.6 Å². The number of halogens is 3. The first-order valence-electron chi connectivity index (χ1n) is 11.2. The van der Waals surface area contributed by atoms with Crippen molar-refractivity contribution >= 4 is 21.5 Å². The maximum atomic E-state index is 13.0. The molecule has 2 aromatic heterocycles. The summed E-state index contributed by atoms with van der Waals surface area (Å²) in [4.78, 5) is 17.0. The predicted molar refractivity (Wildman–Crippen MR) is 130 cm³/mol. The molecule has 0 atom stereocenters. The van der Waals surface area contributed by atoms with Gasteiger partial charge in [0.25, 0.3) is 0 Å². The highest BCUT2D eigenvalue weighted by molar-refractivity contribution is 7.91. The number of pyridine rings is 2. The number of hydrogen-bond donors (Lipinski definition) is 1. The number of aliphatic imine (C=N–C) groups is 1. The zero-order valence-corrected chi connectivity index (χ0v) is 20.7. The van der Waals surface area contributed by atoms with E-state index in [0.29, 0.717) is 17.3 Å². The van der Waals surface area contributed by atoms with Gasteiger partial charge >= 0.3 is 6.18 Å². The summed E-state index contributed by atoms with van der Waals surface area (Å²) in [5.74, 6) is -0.484. The molecule has 2 heterocycles. The van der Waals surface area contributed by atoms with Crippen LogP contribution in [0, 0.1) is 11.3 Å². The fraction of sp³-hybridized carbons (Fsp3) is 0.280. The second-order valence-electron chi connectivity index (χ2n) is 8.41. The Morgan fingerprint density at radius 3 is 2.35 bits per heavy atom. The highest BCUT2D eigenvalue weighted by Gasteiger charge is 2.44. The van der Waals surface area contributed by atoms with E-state index in [1.165, 1.54) is 26.3 Å². The van der Waals surface area contributed by atoms with E-state index in [-0.39, 0.29) is 28.0 Å². The molecule has 0 radical (unpaired) electrons. The van der Waals surface area contributed by atoms with E-state index in [9.17, 15) is 26.9 Å². The first-order chi connectivity index (χ1) is 17.5. The monoisotopic (exact) mass is 529 g/mol. The second kappa shape index (κ2) is 9.91. The van der Waals surface area contributed by atoms with Gasteiger partial charge < -0.3 is 0 Å². The quantitative estimate of drug-likeness (QED) is 0.267. The molecule has 1 fully saturated rings. The van der Waals surface area contributed by atoms with Crippen molar-refractivity contribution in [2.24, 2.45) is 4.99 Å². The van der Waals surface area contributed by atoms with E-state index < -0.39 is 27.0 Å². The van der Waals surface area contributed by atoms with Crippen molar-refractivity contribution in [1.82, 2.24) is 15.4 Å². The largest absolute Gasteiger partial charge is 0.417 e. The van der Waals surface area contributed by atoms with Gasteiger partial charge in [-0.2, -0.15) is 18.4 Å². The molecule has 0 saturated heterocycles. The van der Waals surface area contributed by atoms with Gasteiger partial charge in [-0.1, -0.05) is 31.2 Å². The molecule has 4 rings (SSSR count). The highest BCUT2D eigenvalue weighted by atomic mass is 32.2. The molecule has 0 unspecified atom stereocenters. The SMILES string of the molecule is CCS(=O)(=O)c1cc(-c2ccc(C3(C#N)CC3)cc2)cnc1C(=Nc1ccc(C(F)(F)F)cn1)NOC. The van der Waals surface area contributed by atoms with Crippen LogP contribution in [-0.2, 0) is 26.3 Å². The lowest BCUT2D eigenvalue weighted by atomic mass is 9.95. The molecule has 1 aromatic carbocycles. The van der Waals surface area contributed by atoms with Crippen LogP contribution in [0.3, 0.4) is 0 Å². The van der Waals surface area contributed by atoms with Gasteiger partial charge in [0.2, 0.25) is 0 Å². The third kappa shape index (κ3) is 5.47. The van der Waals surface area contributed by atoms with Crippen LogP contribution in [0.25, 0.3) is 11.1 Å². The summed E-state index contributed by atoms with van der Waals surface area (Å²) in [6.07, 6.45) is -0.857. The first kappa shape index (κ1) is 26.2. The van der Waals surface area contributed by atoms with Crippen LogP contribution in [0.2, 0.25) is 0 Å². The molecule has 0 spiro atoms. The molecular formula is C25H22F3N5O3S. The molecule has 8 nitrogen and oxygen atoms in total. The Balaban J connectivity index is 1.77. The molecule has 0 bridgehead atoms. The molecule has 12 heteroatoms.